The zero-order valence-electron chi connectivity index (χ0n) is 7.60. The van der Waals surface area contributed by atoms with Crippen molar-refractivity contribution in [2.75, 3.05) is 0 Å². The van der Waals surface area contributed by atoms with Crippen LogP contribution < -0.4 is 0 Å². The summed E-state index contributed by atoms with van der Waals surface area (Å²) in [4.78, 5) is 1.32. The van der Waals surface area contributed by atoms with Gasteiger partial charge in [0.25, 0.3) is 0 Å². The van der Waals surface area contributed by atoms with E-state index in [-0.39, 0.29) is 0 Å². The van der Waals surface area contributed by atoms with Crippen molar-refractivity contribution in [3.8, 4) is 0 Å². The fraction of sp³-hybridized carbons (Fsp3) is 0.333. The molecule has 68 valence electrons. The summed E-state index contributed by atoms with van der Waals surface area (Å²) in [6.45, 7) is 3.29. The lowest BCUT2D eigenvalue weighted by Gasteiger charge is -2.14. The first-order chi connectivity index (χ1) is 6.07. The number of hydrogen-bond donors (Lipinski definition) is 1. The highest BCUT2D eigenvalue weighted by molar-refractivity contribution is 5.72. The van der Waals surface area contributed by atoms with Gasteiger partial charge in [-0.15, -0.1) is 0 Å². The van der Waals surface area contributed by atoms with Crippen molar-refractivity contribution in [2.24, 2.45) is 0 Å². The van der Waals surface area contributed by atoms with Crippen molar-refractivity contribution in [1.29, 1.82) is 0 Å². The summed E-state index contributed by atoms with van der Waals surface area (Å²) in [5, 5.41) is 17.9. The third-order valence-electron chi connectivity index (χ3n) is 1.78. The van der Waals surface area contributed by atoms with E-state index >= 15 is 0 Å². The summed E-state index contributed by atoms with van der Waals surface area (Å²) in [7, 11) is 0. The van der Waals surface area contributed by atoms with Crippen LogP contribution in [-0.2, 0) is 5.72 Å². The van der Waals surface area contributed by atoms with Crippen molar-refractivity contribution in [2.45, 2.75) is 19.6 Å². The molecule has 1 heterocycles. The maximum Gasteiger partial charge on any atom is 0.171 e. The van der Waals surface area contributed by atoms with Crippen LogP contribution in [0.3, 0.4) is 0 Å². The average Bonchev–Trinajstić information content (AvgIpc) is 2.45. The number of fused-ring (bicyclic) bond motifs is 1. The van der Waals surface area contributed by atoms with Crippen molar-refractivity contribution in [3.63, 3.8) is 0 Å². The minimum absolute atomic E-state index is 0.796. The minimum Gasteiger partial charge on any atom is -0.368 e. The minimum atomic E-state index is -1.04. The fourth-order valence-corrected chi connectivity index (χ4v) is 1.10. The highest BCUT2D eigenvalue weighted by Crippen LogP contribution is 2.12. The molecule has 1 aromatic heterocycles. The van der Waals surface area contributed by atoms with Crippen molar-refractivity contribution in [3.05, 3.63) is 24.3 Å². The van der Waals surface area contributed by atoms with Gasteiger partial charge >= 0.3 is 0 Å². The second-order valence-electron chi connectivity index (χ2n) is 3.47. The van der Waals surface area contributed by atoms with Gasteiger partial charge in [0.15, 0.2) is 5.72 Å². The van der Waals surface area contributed by atoms with E-state index in [9.17, 15) is 5.11 Å². The number of aliphatic hydroxyl groups is 1. The maximum absolute atomic E-state index is 9.63. The van der Waals surface area contributed by atoms with E-state index in [4.69, 9.17) is 0 Å². The second kappa shape index (κ2) is 2.53. The van der Waals surface area contributed by atoms with E-state index in [1.165, 1.54) is 4.80 Å². The molecule has 0 spiro atoms. The molecule has 0 saturated carbocycles. The summed E-state index contributed by atoms with van der Waals surface area (Å²) in [5.74, 6) is 0. The van der Waals surface area contributed by atoms with E-state index in [1.807, 2.05) is 24.3 Å². The molecule has 0 radical (unpaired) electrons. The molecule has 4 nitrogen and oxygen atoms in total. The van der Waals surface area contributed by atoms with Crippen LogP contribution in [-0.4, -0.2) is 20.1 Å². The first kappa shape index (κ1) is 8.19. The standard InChI is InChI=1S/C9H11N3O/c1-9(2,13)12-10-7-5-3-4-6-8(7)11-12/h3-6,13H,1-2H3. The zero-order valence-corrected chi connectivity index (χ0v) is 7.60. The molecule has 0 fully saturated rings. The highest BCUT2D eigenvalue weighted by atomic mass is 16.3. The molecule has 0 atom stereocenters. The van der Waals surface area contributed by atoms with Crippen molar-refractivity contribution < 1.29 is 5.11 Å². The van der Waals surface area contributed by atoms with Gasteiger partial charge in [-0.25, -0.2) is 0 Å². The molecule has 13 heavy (non-hydrogen) atoms. The van der Waals surface area contributed by atoms with E-state index in [0.29, 0.717) is 0 Å². The number of benzene rings is 1. The second-order valence-corrected chi connectivity index (χ2v) is 3.47. The molecule has 2 rings (SSSR count). The van der Waals surface area contributed by atoms with Gasteiger partial charge in [-0.2, -0.15) is 15.0 Å². The van der Waals surface area contributed by atoms with Gasteiger partial charge in [-0.05, 0) is 26.0 Å². The Morgan fingerprint density at radius 2 is 1.62 bits per heavy atom. The molecule has 2 aromatic rings. The van der Waals surface area contributed by atoms with Crippen LogP contribution in [0.2, 0.25) is 0 Å². The summed E-state index contributed by atoms with van der Waals surface area (Å²) in [6.07, 6.45) is 0. The molecule has 4 heteroatoms. The maximum atomic E-state index is 9.63. The molecule has 0 amide bonds. The smallest absolute Gasteiger partial charge is 0.171 e. The zero-order chi connectivity index (χ0) is 9.47. The van der Waals surface area contributed by atoms with Crippen LogP contribution >= 0.6 is 0 Å². The molecule has 0 unspecified atom stereocenters. The number of aromatic nitrogens is 3. The topological polar surface area (TPSA) is 50.9 Å². The molecule has 0 aliphatic heterocycles. The lowest BCUT2D eigenvalue weighted by molar-refractivity contribution is -0.0229. The molecule has 0 saturated heterocycles. The Labute approximate surface area is 75.8 Å². The van der Waals surface area contributed by atoms with Gasteiger partial charge in [0.2, 0.25) is 0 Å². The predicted octanol–water partition coefficient (Wildman–Crippen LogP) is 1.12. The SMILES string of the molecule is CC(C)(O)n1nc2ccccc2n1. The van der Waals surface area contributed by atoms with Gasteiger partial charge in [-0.1, -0.05) is 12.1 Å². The van der Waals surface area contributed by atoms with Gasteiger partial charge in [0, 0.05) is 0 Å². The Bertz CT molecular complexity index is 395. The van der Waals surface area contributed by atoms with Crippen molar-refractivity contribution in [1.82, 2.24) is 15.0 Å². The summed E-state index contributed by atoms with van der Waals surface area (Å²) in [5.41, 5.74) is 0.549. The number of hydrogen-bond acceptors (Lipinski definition) is 3. The molecule has 0 aliphatic rings. The Balaban J connectivity index is 2.63. The van der Waals surface area contributed by atoms with Gasteiger partial charge in [-0.3, -0.25) is 0 Å². The Morgan fingerprint density at radius 3 is 2.00 bits per heavy atom. The van der Waals surface area contributed by atoms with Crippen LogP contribution in [0, 0.1) is 0 Å². The lowest BCUT2D eigenvalue weighted by atomic mass is 10.3. The molecule has 0 bridgehead atoms. The van der Waals surface area contributed by atoms with Gasteiger partial charge in [0.05, 0.1) is 0 Å². The van der Waals surface area contributed by atoms with Crippen LogP contribution in [0.15, 0.2) is 24.3 Å². The van der Waals surface area contributed by atoms with Gasteiger partial charge < -0.3 is 5.11 Å². The largest absolute Gasteiger partial charge is 0.368 e. The van der Waals surface area contributed by atoms with E-state index < -0.39 is 5.72 Å². The van der Waals surface area contributed by atoms with Crippen LogP contribution in [0.5, 0.6) is 0 Å². The van der Waals surface area contributed by atoms with E-state index in [2.05, 4.69) is 10.2 Å². The quantitative estimate of drug-likeness (QED) is 0.710. The van der Waals surface area contributed by atoms with Crippen LogP contribution in [0.4, 0.5) is 0 Å². The lowest BCUT2D eigenvalue weighted by Crippen LogP contribution is -2.27. The highest BCUT2D eigenvalue weighted by Gasteiger charge is 2.17. The first-order valence-electron chi connectivity index (χ1n) is 4.12. The predicted molar refractivity (Wildman–Crippen MR) is 49.1 cm³/mol. The molecule has 0 aliphatic carbocycles. The van der Waals surface area contributed by atoms with E-state index in [0.717, 1.165) is 11.0 Å². The van der Waals surface area contributed by atoms with Crippen molar-refractivity contribution >= 4 is 11.0 Å². The summed E-state index contributed by atoms with van der Waals surface area (Å²) in [6, 6.07) is 7.52. The third kappa shape index (κ3) is 1.40. The Hall–Kier alpha value is -1.42. The Kier molecular flexibility index (Phi) is 1.60. The van der Waals surface area contributed by atoms with Crippen LogP contribution in [0.25, 0.3) is 11.0 Å². The summed E-state index contributed by atoms with van der Waals surface area (Å²) < 4.78 is 0. The van der Waals surface area contributed by atoms with Crippen LogP contribution in [0.1, 0.15) is 13.8 Å². The number of nitrogens with zero attached hydrogens (tertiary/aromatic N) is 3. The Morgan fingerprint density at radius 1 is 1.15 bits per heavy atom. The average molecular weight is 177 g/mol. The third-order valence-corrected chi connectivity index (χ3v) is 1.78. The monoisotopic (exact) mass is 177 g/mol. The fourth-order valence-electron chi connectivity index (χ4n) is 1.10. The number of rotatable bonds is 1. The first-order valence-corrected chi connectivity index (χ1v) is 4.12. The van der Waals surface area contributed by atoms with Gasteiger partial charge in [0.1, 0.15) is 11.0 Å². The summed E-state index contributed by atoms with van der Waals surface area (Å²) >= 11 is 0. The molecule has 1 N–H and O–H groups in total. The molecular weight excluding hydrogens is 166 g/mol. The molecule has 1 aromatic carbocycles. The molecular formula is C9H11N3O. The van der Waals surface area contributed by atoms with E-state index in [1.54, 1.807) is 13.8 Å². The normalized spacial score (nSPS) is 12.2.